The maximum Gasteiger partial charge on any atom is 0.135 e. The zero-order valence-corrected chi connectivity index (χ0v) is 54.2. The van der Waals surface area contributed by atoms with Gasteiger partial charge in [0.2, 0.25) is 0 Å². The molecule has 15 rings (SSSR count). The second kappa shape index (κ2) is 25.1. The van der Waals surface area contributed by atoms with Crippen molar-refractivity contribution in [3.8, 4) is 84.0 Å². The summed E-state index contributed by atoms with van der Waals surface area (Å²) in [6, 6.07) is 95.2. The van der Waals surface area contributed by atoms with Crippen LogP contribution in [0.25, 0.3) is 77.9 Å². The Bertz CT molecular complexity index is 5230. The van der Waals surface area contributed by atoms with Crippen molar-refractivity contribution in [2.45, 2.75) is 45.9 Å². The van der Waals surface area contributed by atoms with Crippen LogP contribution in [0.15, 0.2) is 291 Å². The summed E-state index contributed by atoms with van der Waals surface area (Å²) in [5.74, 6) is -0.384. The van der Waals surface area contributed by atoms with Crippen LogP contribution in [0.3, 0.4) is 0 Å². The quantitative estimate of drug-likeness (QED) is 0.114. The fraction of sp³-hybridized carbons (Fsp3) is 0.0814. The number of para-hydroxylation sites is 4. The third-order valence-corrected chi connectivity index (χ3v) is 17.4. The minimum absolute atomic E-state index is 0. The molecule has 1 aromatic heterocycles. The summed E-state index contributed by atoms with van der Waals surface area (Å²) < 4.78 is 54.8. The van der Waals surface area contributed by atoms with E-state index in [1.807, 2.05) is 124 Å². The van der Waals surface area contributed by atoms with Crippen LogP contribution in [0.4, 0.5) is 57.0 Å². The molecule has 7 heteroatoms. The van der Waals surface area contributed by atoms with Crippen LogP contribution in [0, 0.1) is 30.1 Å². The van der Waals surface area contributed by atoms with E-state index in [2.05, 4.69) is 210 Å². The monoisotopic (exact) mass is 1380 g/mol. The molecule has 0 bridgehead atoms. The molecule has 0 fully saturated rings. The van der Waals surface area contributed by atoms with Gasteiger partial charge >= 0.3 is 0 Å². The van der Waals surface area contributed by atoms with Gasteiger partial charge in [0.05, 0.1) is 24.2 Å². The van der Waals surface area contributed by atoms with Gasteiger partial charge in [0.15, 0.2) is 0 Å². The molecule has 0 amide bonds. The van der Waals surface area contributed by atoms with Gasteiger partial charge in [-0.05, 0) is 122 Å². The van der Waals surface area contributed by atoms with Crippen LogP contribution in [0.2, 0.25) is 0 Å². The molecule has 6 nitrogen and oxygen atoms in total. The Labute approximate surface area is 569 Å². The minimum Gasteiger partial charge on any atom is -0.493 e. The summed E-state index contributed by atoms with van der Waals surface area (Å²) >= 11 is 0. The first-order valence-electron chi connectivity index (χ1n) is 33.9. The second-order valence-corrected chi connectivity index (χ2v) is 24.4. The molecule has 0 unspecified atom stereocenters. The molecule has 12 aromatic carbocycles. The van der Waals surface area contributed by atoms with E-state index < -0.39 is 24.0 Å². The number of hydrogen-bond donors (Lipinski definition) is 0. The van der Waals surface area contributed by atoms with Crippen molar-refractivity contribution in [2.24, 2.45) is 0 Å². The Morgan fingerprint density at radius 2 is 1.09 bits per heavy atom. The largest absolute Gasteiger partial charge is 0.493 e. The summed E-state index contributed by atoms with van der Waals surface area (Å²) in [4.78, 5) is 13.6. The fourth-order valence-electron chi connectivity index (χ4n) is 12.9. The summed E-state index contributed by atoms with van der Waals surface area (Å²) in [5.41, 5.74) is 20.6. The number of pyridine rings is 1. The molecule has 93 heavy (non-hydrogen) atoms. The average Bonchev–Trinajstić information content (AvgIpc) is 1.65. The van der Waals surface area contributed by atoms with Gasteiger partial charge < -0.3 is 19.6 Å². The number of nitrogens with zero attached hydrogens (tertiary/aromatic N) is 6. The molecule has 13 aromatic rings. The smallest absolute Gasteiger partial charge is 0.135 e. The van der Waals surface area contributed by atoms with Gasteiger partial charge in [-0.1, -0.05) is 263 Å². The van der Waals surface area contributed by atoms with Gasteiger partial charge in [0.1, 0.15) is 5.82 Å². The van der Waals surface area contributed by atoms with E-state index >= 15 is 0 Å². The maximum absolute atomic E-state index is 10.4. The topological polar surface area (TPSA) is 49.6 Å². The molecule has 0 spiro atoms. The molecule has 0 saturated heterocycles. The van der Waals surface area contributed by atoms with Crippen molar-refractivity contribution in [1.82, 2.24) is 4.98 Å². The molecule has 0 N–H and O–H groups in total. The van der Waals surface area contributed by atoms with E-state index in [0.29, 0.717) is 45.4 Å². The van der Waals surface area contributed by atoms with Gasteiger partial charge in [-0.3, -0.25) is 0 Å². The number of benzene rings is 12. The number of anilines is 10. The van der Waals surface area contributed by atoms with E-state index in [1.54, 1.807) is 6.20 Å². The molecule has 0 saturated carbocycles. The SMILES string of the molecule is [2H]c1c([2H])c([2H])c(-c2cccc(-c3ccc(C(C)(C)C)cc3)c2N2[CH-]N(c3[c-]c(N(c4[c-]c5c(cc4)-c4ccccc4-c4cc(C#N)ccc4N5c4cc(C([2H])(C)C)ccn4)c4ccccc4)cc(-c4c(-c5ccccc5)cccc4-c4ccccc4)c3)c3ccccc32)c([2H])c1[2H].[Pt]. The van der Waals surface area contributed by atoms with Crippen LogP contribution in [-0.4, -0.2) is 4.98 Å². The van der Waals surface area contributed by atoms with Crippen molar-refractivity contribution in [2.75, 3.05) is 19.6 Å². The molecule has 2 aliphatic heterocycles. The Balaban J connectivity index is 0.00000836. The van der Waals surface area contributed by atoms with E-state index in [9.17, 15) is 9.37 Å². The van der Waals surface area contributed by atoms with Gasteiger partial charge in [0.25, 0.3) is 0 Å². The third-order valence-electron chi connectivity index (χ3n) is 17.4. The van der Waals surface area contributed by atoms with E-state index in [1.165, 1.54) is 0 Å². The molecular weight excluding hydrogens is 1310 g/mol. The Morgan fingerprint density at radius 3 is 1.73 bits per heavy atom. The Morgan fingerprint density at radius 1 is 0.505 bits per heavy atom. The predicted molar refractivity (Wildman–Crippen MR) is 382 cm³/mol. The van der Waals surface area contributed by atoms with Crippen LogP contribution in [0.1, 0.15) is 65.4 Å². The minimum atomic E-state index is -0.963. The van der Waals surface area contributed by atoms with Gasteiger partial charge in [-0.2, -0.15) is 11.3 Å². The summed E-state index contributed by atoms with van der Waals surface area (Å²) in [7, 11) is 0. The summed E-state index contributed by atoms with van der Waals surface area (Å²) in [5, 5.41) is 10.4. The number of aromatic nitrogens is 1. The number of fused-ring (bicyclic) bond motifs is 6. The molecular formula is C86H65N6Pt-3. The Kier molecular flexibility index (Phi) is 14.3. The van der Waals surface area contributed by atoms with Gasteiger partial charge in [0, 0.05) is 68.1 Å². The van der Waals surface area contributed by atoms with Crippen molar-refractivity contribution in [1.29, 1.82) is 5.26 Å². The van der Waals surface area contributed by atoms with Crippen LogP contribution in [-0.2, 0) is 26.5 Å². The fourth-order valence-corrected chi connectivity index (χ4v) is 12.9. The van der Waals surface area contributed by atoms with Crippen LogP contribution in [0.5, 0.6) is 0 Å². The first-order chi connectivity index (χ1) is 47.4. The van der Waals surface area contributed by atoms with Gasteiger partial charge in [-0.15, -0.1) is 53.8 Å². The average molecular weight is 1380 g/mol. The molecule has 0 aliphatic carbocycles. The number of hydrogen-bond acceptors (Lipinski definition) is 6. The van der Waals surface area contributed by atoms with E-state index in [-0.39, 0.29) is 44.1 Å². The molecule has 0 atom stereocenters. The molecule has 3 heterocycles. The molecule has 452 valence electrons. The number of nitriles is 1. The normalized spacial score (nSPS) is 13.3. The molecule has 2 aliphatic rings. The zero-order chi connectivity index (χ0) is 67.7. The predicted octanol–water partition coefficient (Wildman–Crippen LogP) is 23.3. The van der Waals surface area contributed by atoms with Crippen molar-refractivity contribution >= 4 is 57.0 Å². The second-order valence-electron chi connectivity index (χ2n) is 24.4. The van der Waals surface area contributed by atoms with Crippen LogP contribution < -0.4 is 19.6 Å². The number of rotatable bonds is 12. The van der Waals surface area contributed by atoms with E-state index in [4.69, 9.17) is 9.10 Å². The molecule has 0 radical (unpaired) electrons. The first kappa shape index (κ1) is 52.9. The standard InChI is InChI=1S/C86H65N6.Pt/c1-58(2)64-48-49-88-83(53-64)92-79-47-40-59(56-87)50-78(79)76-33-19-18-32-75(76)77-46-45-68(55-82(77)92)91(67-30-16-9-17-31-67)70-52-65(84-71(60-24-10-6-11-25-60)34-22-35-72(84)61-26-12-7-13-27-61)51-69(54-70)89-57-90(81-39-21-20-38-80(81)89)85-73(62-28-14-8-15-29-62)36-23-37-74(85)63-41-43-66(44-42-63)86(3,4)5;/h6-53,57-58H,1-5H3;/q-3;/i8D,14D,15D,28D,29D,58D;. The van der Waals surface area contributed by atoms with Crippen LogP contribution >= 0.6 is 0 Å². The van der Waals surface area contributed by atoms with E-state index in [0.717, 1.165) is 101 Å². The zero-order valence-electron chi connectivity index (χ0n) is 57.9. The van der Waals surface area contributed by atoms with Crippen molar-refractivity contribution in [3.05, 3.63) is 327 Å². The van der Waals surface area contributed by atoms with Crippen molar-refractivity contribution in [3.63, 3.8) is 0 Å². The third kappa shape index (κ3) is 11.2. The summed E-state index contributed by atoms with van der Waals surface area (Å²) in [6.45, 7) is 12.3. The van der Waals surface area contributed by atoms with Crippen molar-refractivity contribution < 1.29 is 29.3 Å². The van der Waals surface area contributed by atoms with Gasteiger partial charge in [-0.25, -0.2) is 4.98 Å². The maximum atomic E-state index is 10.4. The summed E-state index contributed by atoms with van der Waals surface area (Å²) in [6.07, 6.45) is 1.76. The first-order valence-corrected chi connectivity index (χ1v) is 30.9. The Hall–Kier alpha value is -10.8.